The van der Waals surface area contributed by atoms with E-state index in [0.29, 0.717) is 17.8 Å². The molecule has 0 aromatic heterocycles. The average molecular weight is 314 g/mol. The molecule has 3 saturated carbocycles. The highest BCUT2D eigenvalue weighted by atomic mass is 16.3. The first-order valence-corrected chi connectivity index (χ1v) is 9.42. The maximum absolute atomic E-state index is 11.0. The van der Waals surface area contributed by atoms with Gasteiger partial charge < -0.3 is 10.2 Å². The van der Waals surface area contributed by atoms with Crippen molar-refractivity contribution in [3.63, 3.8) is 0 Å². The molecule has 0 aliphatic heterocycles. The summed E-state index contributed by atoms with van der Waals surface area (Å²) in [6.07, 6.45) is 16.1. The molecule has 3 fully saturated rings. The Bertz CT molecular complexity index is 587. The highest BCUT2D eigenvalue weighted by molar-refractivity contribution is 5.28. The van der Waals surface area contributed by atoms with Crippen LogP contribution in [0.4, 0.5) is 0 Å². The zero-order valence-electron chi connectivity index (χ0n) is 14.5. The van der Waals surface area contributed by atoms with E-state index < -0.39 is 5.60 Å². The van der Waals surface area contributed by atoms with Crippen molar-refractivity contribution in [1.29, 1.82) is 0 Å². The number of aliphatic hydroxyl groups excluding tert-OH is 1. The van der Waals surface area contributed by atoms with Gasteiger partial charge in [0.15, 0.2) is 0 Å². The molecule has 0 saturated heterocycles. The zero-order valence-corrected chi connectivity index (χ0v) is 14.5. The second kappa shape index (κ2) is 4.87. The summed E-state index contributed by atoms with van der Waals surface area (Å²) in [6.45, 7) is 4.68. The Morgan fingerprint density at radius 1 is 1.13 bits per heavy atom. The number of allylic oxidation sites excluding steroid dienone is 1. The van der Waals surface area contributed by atoms with Gasteiger partial charge in [0.05, 0.1) is 6.10 Å². The molecule has 4 rings (SSSR count). The first kappa shape index (κ1) is 15.7. The number of hydrogen-bond acceptors (Lipinski definition) is 2. The van der Waals surface area contributed by atoms with Gasteiger partial charge in [0.1, 0.15) is 5.60 Å². The monoisotopic (exact) mass is 314 g/mol. The standard InChI is InChI=1S/C21H30O2/c1-4-21(23)12-9-18-16-6-5-14-13-15(22)7-10-19(14,2)17(16)8-11-20(18,21)3/h1,5,15-18,22-23H,6-13H2,2-3H3/t15-,16+,17-,18-,19+,20+,21+/m1/s1. The molecule has 0 bridgehead atoms. The van der Waals surface area contributed by atoms with Crippen molar-refractivity contribution in [3.05, 3.63) is 11.6 Å². The van der Waals surface area contributed by atoms with Crippen LogP contribution in [0.25, 0.3) is 0 Å². The molecule has 2 nitrogen and oxygen atoms in total. The molecule has 4 aliphatic rings. The lowest BCUT2D eigenvalue weighted by atomic mass is 9.47. The summed E-state index contributed by atoms with van der Waals surface area (Å²) in [6, 6.07) is 0. The average Bonchev–Trinajstić information content (AvgIpc) is 2.80. The summed E-state index contributed by atoms with van der Waals surface area (Å²) >= 11 is 0. The summed E-state index contributed by atoms with van der Waals surface area (Å²) in [5.41, 5.74) is 0.751. The molecule has 2 N–H and O–H groups in total. The second-order valence-electron chi connectivity index (χ2n) is 9.16. The lowest BCUT2D eigenvalue weighted by molar-refractivity contribution is -0.0969. The minimum Gasteiger partial charge on any atom is -0.393 e. The summed E-state index contributed by atoms with van der Waals surface area (Å²) in [7, 11) is 0. The molecule has 0 heterocycles. The fourth-order valence-corrected chi connectivity index (χ4v) is 6.89. The predicted molar refractivity (Wildman–Crippen MR) is 91.5 cm³/mol. The molecule has 0 amide bonds. The topological polar surface area (TPSA) is 40.5 Å². The lowest BCUT2D eigenvalue weighted by Crippen LogP contribution is -2.54. The van der Waals surface area contributed by atoms with Gasteiger partial charge in [-0.2, -0.15) is 0 Å². The number of rotatable bonds is 0. The van der Waals surface area contributed by atoms with E-state index in [1.165, 1.54) is 12.0 Å². The van der Waals surface area contributed by atoms with Crippen molar-refractivity contribution < 1.29 is 10.2 Å². The van der Waals surface area contributed by atoms with Crippen LogP contribution in [0.1, 0.15) is 65.2 Å². The maximum Gasteiger partial charge on any atom is 0.130 e. The molecule has 0 aromatic carbocycles. The molecule has 0 unspecified atom stereocenters. The second-order valence-corrected chi connectivity index (χ2v) is 9.16. The van der Waals surface area contributed by atoms with Gasteiger partial charge in [-0.3, -0.25) is 0 Å². The SMILES string of the molecule is C#C[C@]1(O)CC[C@@H]2[C@H]3CC=C4C[C@H](O)CC[C@]4(C)[C@@H]3CC[C@@]21C. The summed E-state index contributed by atoms with van der Waals surface area (Å²) in [4.78, 5) is 0. The Morgan fingerprint density at radius 2 is 1.87 bits per heavy atom. The fourth-order valence-electron chi connectivity index (χ4n) is 6.89. The third-order valence-electron chi connectivity index (χ3n) is 8.47. The molecular weight excluding hydrogens is 284 g/mol. The first-order chi connectivity index (χ1) is 10.8. The van der Waals surface area contributed by atoms with Crippen molar-refractivity contribution >= 4 is 0 Å². The minimum absolute atomic E-state index is 0.112. The van der Waals surface area contributed by atoms with Crippen LogP contribution in [0.2, 0.25) is 0 Å². The van der Waals surface area contributed by atoms with Crippen molar-refractivity contribution in [2.75, 3.05) is 0 Å². The molecule has 0 spiro atoms. The van der Waals surface area contributed by atoms with Gasteiger partial charge in [0.25, 0.3) is 0 Å². The van der Waals surface area contributed by atoms with Crippen LogP contribution in [-0.4, -0.2) is 21.9 Å². The summed E-state index contributed by atoms with van der Waals surface area (Å²) in [5.74, 6) is 4.65. The minimum atomic E-state index is -0.906. The maximum atomic E-state index is 11.0. The first-order valence-electron chi connectivity index (χ1n) is 9.42. The van der Waals surface area contributed by atoms with Crippen molar-refractivity contribution in [2.24, 2.45) is 28.6 Å². The molecule has 126 valence electrons. The largest absolute Gasteiger partial charge is 0.393 e. The molecule has 7 atom stereocenters. The van der Waals surface area contributed by atoms with E-state index in [-0.39, 0.29) is 16.9 Å². The Morgan fingerprint density at radius 3 is 2.61 bits per heavy atom. The van der Waals surface area contributed by atoms with E-state index in [0.717, 1.165) is 44.9 Å². The Balaban J connectivity index is 1.69. The molecule has 2 heteroatoms. The molecule has 0 radical (unpaired) electrons. The van der Waals surface area contributed by atoms with Crippen LogP contribution in [-0.2, 0) is 0 Å². The molecule has 0 aromatic rings. The van der Waals surface area contributed by atoms with Gasteiger partial charge in [-0.25, -0.2) is 0 Å². The van der Waals surface area contributed by atoms with Crippen LogP contribution in [0, 0.1) is 40.9 Å². The molecule has 23 heavy (non-hydrogen) atoms. The number of terminal acetylenes is 1. The van der Waals surface area contributed by atoms with E-state index in [1.54, 1.807) is 0 Å². The zero-order chi connectivity index (χ0) is 16.5. The van der Waals surface area contributed by atoms with Crippen LogP contribution in [0.3, 0.4) is 0 Å². The van der Waals surface area contributed by atoms with Crippen molar-refractivity contribution in [1.82, 2.24) is 0 Å². The molecular formula is C21H30O2. The number of hydrogen-bond donors (Lipinski definition) is 2. The van der Waals surface area contributed by atoms with Gasteiger partial charge >= 0.3 is 0 Å². The van der Waals surface area contributed by atoms with E-state index in [9.17, 15) is 10.2 Å². The Labute approximate surface area is 140 Å². The van der Waals surface area contributed by atoms with Crippen LogP contribution >= 0.6 is 0 Å². The van der Waals surface area contributed by atoms with Gasteiger partial charge in [-0.1, -0.05) is 31.4 Å². The highest BCUT2D eigenvalue weighted by Gasteiger charge is 2.63. The predicted octanol–water partition coefficient (Wildman–Crippen LogP) is 3.67. The smallest absolute Gasteiger partial charge is 0.130 e. The lowest BCUT2D eigenvalue weighted by Gasteiger charge is -2.58. The Kier molecular flexibility index (Phi) is 3.33. The quantitative estimate of drug-likeness (QED) is 0.529. The number of fused-ring (bicyclic) bond motifs is 5. The third kappa shape index (κ3) is 1.90. The number of aliphatic hydroxyl groups is 2. The Hall–Kier alpha value is -0.780. The van der Waals surface area contributed by atoms with E-state index >= 15 is 0 Å². The third-order valence-corrected chi connectivity index (χ3v) is 8.47. The fraction of sp³-hybridized carbons (Fsp3) is 0.810. The van der Waals surface area contributed by atoms with Gasteiger partial charge in [-0.05, 0) is 74.5 Å². The molecule has 4 aliphatic carbocycles. The van der Waals surface area contributed by atoms with Crippen molar-refractivity contribution in [3.8, 4) is 12.3 Å². The van der Waals surface area contributed by atoms with Gasteiger partial charge in [0, 0.05) is 5.41 Å². The van der Waals surface area contributed by atoms with Crippen LogP contribution < -0.4 is 0 Å². The van der Waals surface area contributed by atoms with E-state index in [4.69, 9.17) is 6.42 Å². The van der Waals surface area contributed by atoms with Crippen LogP contribution in [0.15, 0.2) is 11.6 Å². The highest BCUT2D eigenvalue weighted by Crippen LogP contribution is 2.66. The normalized spacial score (nSPS) is 55.2. The van der Waals surface area contributed by atoms with E-state index in [1.807, 2.05) is 0 Å². The van der Waals surface area contributed by atoms with Gasteiger partial charge in [0.2, 0.25) is 0 Å². The van der Waals surface area contributed by atoms with Crippen LogP contribution in [0.5, 0.6) is 0 Å². The van der Waals surface area contributed by atoms with Gasteiger partial charge in [-0.15, -0.1) is 6.42 Å². The van der Waals surface area contributed by atoms with Crippen molar-refractivity contribution in [2.45, 2.75) is 76.9 Å². The summed E-state index contributed by atoms with van der Waals surface area (Å²) < 4.78 is 0. The summed E-state index contributed by atoms with van der Waals surface area (Å²) in [5, 5.41) is 21.0. The van der Waals surface area contributed by atoms with E-state index in [2.05, 4.69) is 25.8 Å².